The molecule has 0 aliphatic carbocycles. The van der Waals surface area contributed by atoms with Crippen LogP contribution >= 0.6 is 0 Å². The molecule has 1 nitrogen and oxygen atoms in total. The minimum atomic E-state index is 0.670. The highest BCUT2D eigenvalue weighted by molar-refractivity contribution is 6.24. The molecule has 0 aliphatic rings. The largest absolute Gasteiger partial charge is 0.418 e. The molecule has 0 aliphatic heterocycles. The maximum Gasteiger partial charge on any atom is 0.226 e. The molecule has 0 spiro atoms. The van der Waals surface area contributed by atoms with Gasteiger partial charge in [-0.15, -0.1) is 0 Å². The SMILES string of the molecule is CCCCCCO[Si]C. The van der Waals surface area contributed by atoms with E-state index in [0.29, 0.717) is 9.76 Å². The molecule has 0 bridgehead atoms. The molecule has 2 radical (unpaired) electrons. The van der Waals surface area contributed by atoms with E-state index in [1.54, 1.807) is 0 Å². The van der Waals surface area contributed by atoms with Gasteiger partial charge in [-0.2, -0.15) is 0 Å². The maximum atomic E-state index is 5.21. The third kappa shape index (κ3) is 8.18. The van der Waals surface area contributed by atoms with Gasteiger partial charge in [0.25, 0.3) is 0 Å². The Balaban J connectivity index is 2.60. The summed E-state index contributed by atoms with van der Waals surface area (Å²) in [5, 5.41) is 0. The molecule has 54 valence electrons. The smallest absolute Gasteiger partial charge is 0.226 e. The molecule has 0 heterocycles. The zero-order valence-electron chi connectivity index (χ0n) is 6.44. The highest BCUT2D eigenvalue weighted by Crippen LogP contribution is 1.97. The van der Waals surface area contributed by atoms with Crippen LogP contribution in [0.1, 0.15) is 32.6 Å². The normalized spacial score (nSPS) is 10.0. The number of unbranched alkanes of at least 4 members (excludes halogenated alkanes) is 3. The van der Waals surface area contributed by atoms with Gasteiger partial charge in [-0.25, -0.2) is 0 Å². The molecule has 0 saturated heterocycles. The molecule has 0 unspecified atom stereocenters. The van der Waals surface area contributed by atoms with E-state index in [1.165, 1.54) is 25.7 Å². The molecule has 0 atom stereocenters. The lowest BCUT2D eigenvalue weighted by atomic mass is 10.2. The summed E-state index contributed by atoms with van der Waals surface area (Å²) >= 11 is 0. The van der Waals surface area contributed by atoms with E-state index in [4.69, 9.17) is 4.43 Å². The Hall–Kier alpha value is 0.177. The van der Waals surface area contributed by atoms with Gasteiger partial charge in [0.2, 0.25) is 9.76 Å². The second kappa shape index (κ2) is 8.18. The number of rotatable bonds is 6. The lowest BCUT2D eigenvalue weighted by molar-refractivity contribution is 0.324. The monoisotopic (exact) mass is 144 g/mol. The predicted molar refractivity (Wildman–Crippen MR) is 41.7 cm³/mol. The fraction of sp³-hybridized carbons (Fsp3) is 1.00. The van der Waals surface area contributed by atoms with Gasteiger partial charge in [-0.3, -0.25) is 0 Å². The second-order valence-corrected chi connectivity index (χ2v) is 2.81. The summed E-state index contributed by atoms with van der Waals surface area (Å²) in [6.45, 7) is 5.26. The van der Waals surface area contributed by atoms with Crippen molar-refractivity contribution in [1.29, 1.82) is 0 Å². The van der Waals surface area contributed by atoms with Crippen LogP contribution in [0, 0.1) is 0 Å². The number of hydrogen-bond acceptors (Lipinski definition) is 1. The minimum absolute atomic E-state index is 0.670. The van der Waals surface area contributed by atoms with Crippen molar-refractivity contribution in [2.24, 2.45) is 0 Å². The van der Waals surface area contributed by atoms with Crippen molar-refractivity contribution >= 4 is 9.76 Å². The fourth-order valence-corrected chi connectivity index (χ4v) is 1.05. The number of hydrogen-bond donors (Lipinski definition) is 0. The van der Waals surface area contributed by atoms with Gasteiger partial charge in [-0.05, 0) is 13.0 Å². The second-order valence-electron chi connectivity index (χ2n) is 2.11. The van der Waals surface area contributed by atoms with Crippen LogP contribution in [0.25, 0.3) is 0 Å². The summed E-state index contributed by atoms with van der Waals surface area (Å²) in [5.74, 6) is 0. The van der Waals surface area contributed by atoms with Crippen molar-refractivity contribution in [3.63, 3.8) is 0 Å². The molecule has 0 N–H and O–H groups in total. The van der Waals surface area contributed by atoms with Crippen LogP contribution in [-0.2, 0) is 4.43 Å². The maximum absolute atomic E-state index is 5.21. The first-order valence-electron chi connectivity index (χ1n) is 3.70. The van der Waals surface area contributed by atoms with Crippen LogP contribution in [0.4, 0.5) is 0 Å². The lowest BCUT2D eigenvalue weighted by Gasteiger charge is -1.97. The van der Waals surface area contributed by atoms with Crippen molar-refractivity contribution in [2.75, 3.05) is 6.61 Å². The van der Waals surface area contributed by atoms with E-state index in [0.717, 1.165) is 6.61 Å². The van der Waals surface area contributed by atoms with Crippen molar-refractivity contribution in [3.05, 3.63) is 0 Å². The quantitative estimate of drug-likeness (QED) is 0.410. The van der Waals surface area contributed by atoms with E-state index in [1.807, 2.05) is 0 Å². The summed E-state index contributed by atoms with van der Waals surface area (Å²) in [4.78, 5) is 0. The molecule has 0 amide bonds. The van der Waals surface area contributed by atoms with Crippen molar-refractivity contribution < 1.29 is 4.43 Å². The first-order valence-corrected chi connectivity index (χ1v) is 5.11. The first-order chi connectivity index (χ1) is 4.41. The molecule has 0 aromatic heterocycles. The van der Waals surface area contributed by atoms with Gasteiger partial charge in [0.15, 0.2) is 0 Å². The highest BCUT2D eigenvalue weighted by atomic mass is 28.2. The topological polar surface area (TPSA) is 9.23 Å². The van der Waals surface area contributed by atoms with Crippen LogP contribution in [-0.4, -0.2) is 16.4 Å². The Labute approximate surface area is 60.7 Å². The van der Waals surface area contributed by atoms with E-state index < -0.39 is 0 Å². The summed E-state index contributed by atoms with van der Waals surface area (Å²) < 4.78 is 5.21. The van der Waals surface area contributed by atoms with Crippen LogP contribution in [0.5, 0.6) is 0 Å². The predicted octanol–water partition coefficient (Wildman–Crippen LogP) is 2.25. The van der Waals surface area contributed by atoms with Crippen LogP contribution < -0.4 is 0 Å². The summed E-state index contributed by atoms with van der Waals surface area (Å²) in [5.41, 5.74) is 0. The van der Waals surface area contributed by atoms with Gasteiger partial charge in [0.1, 0.15) is 0 Å². The molecular weight excluding hydrogens is 128 g/mol. The Morgan fingerprint density at radius 2 is 2.00 bits per heavy atom. The van der Waals surface area contributed by atoms with E-state index in [-0.39, 0.29) is 0 Å². The molecule has 0 aromatic rings. The Kier molecular flexibility index (Phi) is 8.34. The Morgan fingerprint density at radius 3 is 2.56 bits per heavy atom. The minimum Gasteiger partial charge on any atom is -0.418 e. The Bertz CT molecular complexity index is 42.2. The summed E-state index contributed by atoms with van der Waals surface area (Å²) in [7, 11) is 0.670. The van der Waals surface area contributed by atoms with Gasteiger partial charge in [-0.1, -0.05) is 26.2 Å². The van der Waals surface area contributed by atoms with Crippen molar-refractivity contribution in [3.8, 4) is 0 Å². The Morgan fingerprint density at radius 1 is 1.22 bits per heavy atom. The van der Waals surface area contributed by atoms with Gasteiger partial charge in [0, 0.05) is 6.61 Å². The zero-order valence-corrected chi connectivity index (χ0v) is 7.44. The third-order valence-corrected chi connectivity index (χ3v) is 1.74. The van der Waals surface area contributed by atoms with Crippen molar-refractivity contribution in [2.45, 2.75) is 39.2 Å². The molecule has 0 saturated carbocycles. The molecule has 0 aromatic carbocycles. The molecule has 9 heavy (non-hydrogen) atoms. The average Bonchev–Trinajstić information content (AvgIpc) is 1.89. The summed E-state index contributed by atoms with van der Waals surface area (Å²) in [6, 6.07) is 0. The van der Waals surface area contributed by atoms with Crippen LogP contribution in [0.3, 0.4) is 0 Å². The lowest BCUT2D eigenvalue weighted by Crippen LogP contribution is -1.95. The zero-order chi connectivity index (χ0) is 6.95. The van der Waals surface area contributed by atoms with Crippen LogP contribution in [0.2, 0.25) is 6.55 Å². The third-order valence-electron chi connectivity index (χ3n) is 1.24. The molecule has 0 rings (SSSR count). The molecular formula is C7H16OSi. The van der Waals surface area contributed by atoms with E-state index >= 15 is 0 Å². The van der Waals surface area contributed by atoms with Crippen LogP contribution in [0.15, 0.2) is 0 Å². The van der Waals surface area contributed by atoms with Gasteiger partial charge < -0.3 is 4.43 Å². The van der Waals surface area contributed by atoms with Gasteiger partial charge >= 0.3 is 0 Å². The highest BCUT2D eigenvalue weighted by Gasteiger charge is 1.85. The average molecular weight is 144 g/mol. The standard InChI is InChI=1S/C7H16OSi/c1-3-4-5-6-7-8-9-2/h3-7H2,1-2H3. The van der Waals surface area contributed by atoms with Gasteiger partial charge in [0.05, 0.1) is 0 Å². The van der Waals surface area contributed by atoms with E-state index in [2.05, 4.69) is 13.5 Å². The summed E-state index contributed by atoms with van der Waals surface area (Å²) in [6.07, 6.45) is 5.25. The fourth-order valence-electron chi connectivity index (χ4n) is 0.703. The molecule has 0 fully saturated rings. The molecule has 2 heteroatoms. The van der Waals surface area contributed by atoms with E-state index in [9.17, 15) is 0 Å². The first kappa shape index (κ1) is 9.18. The van der Waals surface area contributed by atoms with Crippen molar-refractivity contribution in [1.82, 2.24) is 0 Å².